The van der Waals surface area contributed by atoms with Gasteiger partial charge in [0.25, 0.3) is 11.1 Å². The van der Waals surface area contributed by atoms with Crippen molar-refractivity contribution in [3.05, 3.63) is 75.1 Å². The van der Waals surface area contributed by atoms with E-state index in [2.05, 4.69) is 25.1 Å². The van der Waals surface area contributed by atoms with Crippen molar-refractivity contribution in [1.82, 2.24) is 24.7 Å². The molecule has 2 atom stereocenters. The van der Waals surface area contributed by atoms with E-state index in [4.69, 9.17) is 4.74 Å². The first-order chi connectivity index (χ1) is 19.9. The van der Waals surface area contributed by atoms with E-state index >= 15 is 4.39 Å². The Kier molecular flexibility index (Phi) is 9.08. The lowest BCUT2D eigenvalue weighted by molar-refractivity contribution is -0.138. The summed E-state index contributed by atoms with van der Waals surface area (Å²) in [6.07, 6.45) is -3.38. The predicted octanol–water partition coefficient (Wildman–Crippen LogP) is 4.16. The van der Waals surface area contributed by atoms with Crippen LogP contribution in [0.3, 0.4) is 0 Å². The molecule has 0 unspecified atom stereocenters. The molecule has 0 amide bonds. The zero-order valence-electron chi connectivity index (χ0n) is 21.5. The van der Waals surface area contributed by atoms with Gasteiger partial charge in [0.15, 0.2) is 11.6 Å². The molecule has 0 saturated carbocycles. The highest BCUT2D eigenvalue weighted by atomic mass is 19.4. The Labute approximate surface area is 231 Å². The highest BCUT2D eigenvalue weighted by Gasteiger charge is 2.38. The number of hydrogen-bond donors (Lipinski definition) is 2. The molecule has 4 aromatic rings. The fraction of sp³-hybridized carbons (Fsp3) is 0.320. The Morgan fingerprint density at radius 3 is 2.45 bits per heavy atom. The van der Waals surface area contributed by atoms with Crippen LogP contribution >= 0.6 is 0 Å². The Hall–Kier alpha value is -4.54. The Bertz CT molecular complexity index is 1660. The van der Waals surface area contributed by atoms with Gasteiger partial charge < -0.3 is 19.4 Å². The summed E-state index contributed by atoms with van der Waals surface area (Å²) in [5.74, 6) is -0.464. The molecule has 0 aliphatic carbocycles. The van der Waals surface area contributed by atoms with E-state index in [9.17, 15) is 35.9 Å². The highest BCUT2D eigenvalue weighted by molar-refractivity contribution is 5.86. The average molecular weight is 602 g/mol. The third kappa shape index (κ3) is 7.02. The molecule has 3 aromatic heterocycles. The Morgan fingerprint density at radius 1 is 1.10 bits per heavy atom. The van der Waals surface area contributed by atoms with Crippen LogP contribution < -0.4 is 21.2 Å². The first kappa shape index (κ1) is 30.4. The maximum atomic E-state index is 15.1. The van der Waals surface area contributed by atoms with E-state index < -0.39 is 72.8 Å². The van der Waals surface area contributed by atoms with Gasteiger partial charge in [-0.25, -0.2) is 23.8 Å². The van der Waals surface area contributed by atoms with Crippen LogP contribution in [0.2, 0.25) is 0 Å². The molecular formula is C25H21F7N6O4. The highest BCUT2D eigenvalue weighted by Crippen LogP contribution is 2.32. The van der Waals surface area contributed by atoms with E-state index in [1.807, 2.05) is 0 Å². The molecule has 4 rings (SSSR count). The standard InChI is InChI=1S/C25H21F7N6O4/c1-41-15-7-33-21(34-8-15)17-4-12-2-3-38(23(40)16(12)6-18(17)27)10-13(26)5-14(11-42-24(28)29)36-19-9-35-37-22(39)20(19)25(30,31)32/h2-4,6-9,13-14,24H,5,10-11H2,1H3,(H2,36,37,39)/t13-,14+/m1/s1. The molecule has 0 aliphatic rings. The van der Waals surface area contributed by atoms with Crippen molar-refractivity contribution in [2.24, 2.45) is 0 Å². The van der Waals surface area contributed by atoms with Crippen LogP contribution in [0.1, 0.15) is 12.0 Å². The normalized spacial score (nSPS) is 13.4. The molecule has 3 heterocycles. The van der Waals surface area contributed by atoms with Crippen molar-refractivity contribution < 1.29 is 40.2 Å². The van der Waals surface area contributed by atoms with Crippen molar-refractivity contribution in [1.29, 1.82) is 0 Å². The summed E-state index contributed by atoms with van der Waals surface area (Å²) in [4.78, 5) is 32.7. The number of benzene rings is 1. The number of pyridine rings is 1. The van der Waals surface area contributed by atoms with Gasteiger partial charge in [0, 0.05) is 12.6 Å². The summed E-state index contributed by atoms with van der Waals surface area (Å²) in [6, 6.07) is 2.17. The van der Waals surface area contributed by atoms with Crippen LogP contribution in [0, 0.1) is 5.82 Å². The van der Waals surface area contributed by atoms with Crippen LogP contribution in [0.4, 0.5) is 36.4 Å². The van der Waals surface area contributed by atoms with Crippen LogP contribution in [-0.2, 0) is 17.5 Å². The number of alkyl halides is 6. The number of H-pyrrole nitrogens is 1. The quantitative estimate of drug-likeness (QED) is 0.246. The smallest absolute Gasteiger partial charge is 0.423 e. The molecule has 10 nitrogen and oxygen atoms in total. The van der Waals surface area contributed by atoms with Gasteiger partial charge in [0.2, 0.25) is 0 Å². The average Bonchev–Trinajstić information content (AvgIpc) is 2.92. The first-order valence-electron chi connectivity index (χ1n) is 12.0. The van der Waals surface area contributed by atoms with Crippen LogP contribution in [0.15, 0.2) is 52.6 Å². The summed E-state index contributed by atoms with van der Waals surface area (Å²) < 4.78 is 106. The van der Waals surface area contributed by atoms with E-state index in [0.717, 1.165) is 10.6 Å². The molecule has 17 heteroatoms. The number of rotatable bonds is 11. The zero-order valence-corrected chi connectivity index (χ0v) is 21.5. The summed E-state index contributed by atoms with van der Waals surface area (Å²) in [5, 5.41) is 7.25. The van der Waals surface area contributed by atoms with E-state index in [1.54, 1.807) is 5.10 Å². The van der Waals surface area contributed by atoms with E-state index in [-0.39, 0.29) is 22.2 Å². The van der Waals surface area contributed by atoms with Crippen LogP contribution in [0.25, 0.3) is 22.2 Å². The molecule has 0 saturated heterocycles. The summed E-state index contributed by atoms with van der Waals surface area (Å²) in [7, 11) is 1.41. The van der Waals surface area contributed by atoms with Gasteiger partial charge in [0.05, 0.1) is 61.5 Å². The second kappa shape index (κ2) is 12.5. The van der Waals surface area contributed by atoms with Gasteiger partial charge in [-0.2, -0.15) is 27.1 Å². The molecule has 1 aromatic carbocycles. The van der Waals surface area contributed by atoms with Crippen LogP contribution in [-0.4, -0.2) is 57.3 Å². The van der Waals surface area contributed by atoms with Gasteiger partial charge in [-0.05, 0) is 23.6 Å². The third-order valence-electron chi connectivity index (χ3n) is 6.03. The van der Waals surface area contributed by atoms with Crippen LogP contribution in [0.5, 0.6) is 5.75 Å². The maximum absolute atomic E-state index is 15.1. The molecule has 224 valence electrons. The van der Waals surface area contributed by atoms with Gasteiger partial charge in [-0.15, -0.1) is 0 Å². The SMILES string of the molecule is COc1cnc(-c2cc3ccn(C[C@H](F)C[C@@H](COC(F)F)Nc4cn[nH]c(=O)c4C(F)(F)F)c(=O)c3cc2F)nc1. The summed E-state index contributed by atoms with van der Waals surface area (Å²) in [5.41, 5.74) is -4.97. The van der Waals surface area contributed by atoms with Crippen molar-refractivity contribution in [2.45, 2.75) is 38.0 Å². The van der Waals surface area contributed by atoms with Gasteiger partial charge in [0.1, 0.15) is 17.6 Å². The Balaban J connectivity index is 1.56. The molecule has 0 spiro atoms. The number of fused-ring (bicyclic) bond motifs is 1. The minimum Gasteiger partial charge on any atom is -0.494 e. The second-order valence-electron chi connectivity index (χ2n) is 8.89. The lowest BCUT2D eigenvalue weighted by Crippen LogP contribution is -2.35. The summed E-state index contributed by atoms with van der Waals surface area (Å²) in [6.45, 7) is -4.93. The summed E-state index contributed by atoms with van der Waals surface area (Å²) >= 11 is 0. The van der Waals surface area contributed by atoms with Crippen molar-refractivity contribution >= 4 is 16.5 Å². The lowest BCUT2D eigenvalue weighted by Gasteiger charge is -2.23. The fourth-order valence-corrected chi connectivity index (χ4v) is 4.14. The minimum atomic E-state index is -5.14. The third-order valence-corrected chi connectivity index (χ3v) is 6.03. The predicted molar refractivity (Wildman–Crippen MR) is 134 cm³/mol. The number of halogens is 7. The van der Waals surface area contributed by atoms with Crippen molar-refractivity contribution in [3.63, 3.8) is 0 Å². The Morgan fingerprint density at radius 2 is 1.81 bits per heavy atom. The minimum absolute atomic E-state index is 0.00826. The number of hydrogen-bond acceptors (Lipinski definition) is 8. The molecule has 0 fully saturated rings. The molecule has 42 heavy (non-hydrogen) atoms. The van der Waals surface area contributed by atoms with E-state index in [0.29, 0.717) is 11.9 Å². The van der Waals surface area contributed by atoms with Crippen molar-refractivity contribution in [2.75, 3.05) is 19.0 Å². The largest absolute Gasteiger partial charge is 0.494 e. The molecule has 2 N–H and O–H groups in total. The molecule has 0 radical (unpaired) electrons. The fourth-order valence-electron chi connectivity index (χ4n) is 4.14. The number of nitrogens with one attached hydrogen (secondary N) is 2. The zero-order chi connectivity index (χ0) is 30.6. The van der Waals surface area contributed by atoms with Crippen molar-refractivity contribution in [3.8, 4) is 17.1 Å². The number of anilines is 1. The number of nitrogens with zero attached hydrogens (tertiary/aromatic N) is 4. The number of methoxy groups -OCH3 is 1. The molecule has 0 bridgehead atoms. The monoisotopic (exact) mass is 602 g/mol. The number of aromatic amines is 1. The topological polar surface area (TPSA) is 124 Å². The molecule has 0 aliphatic heterocycles. The number of ether oxygens (including phenoxy) is 2. The lowest BCUT2D eigenvalue weighted by atomic mass is 10.1. The maximum Gasteiger partial charge on any atom is 0.423 e. The van der Waals surface area contributed by atoms with Gasteiger partial charge in [-0.3, -0.25) is 9.59 Å². The number of aromatic nitrogens is 5. The second-order valence-corrected chi connectivity index (χ2v) is 8.89. The first-order valence-corrected chi connectivity index (χ1v) is 12.0. The van der Waals surface area contributed by atoms with Gasteiger partial charge in [-0.1, -0.05) is 0 Å². The molecular weight excluding hydrogens is 581 g/mol. The van der Waals surface area contributed by atoms with E-state index in [1.165, 1.54) is 37.8 Å². The van der Waals surface area contributed by atoms with Gasteiger partial charge >= 0.3 is 12.8 Å².